The van der Waals surface area contributed by atoms with Crippen LogP contribution >= 0.6 is 0 Å². The topological polar surface area (TPSA) is 124 Å². The molecule has 1 aromatic carbocycles. The van der Waals surface area contributed by atoms with E-state index < -0.39 is 17.7 Å². The molecule has 2 heterocycles. The number of aryl methyl sites for hydroxylation is 1. The Labute approximate surface area is 185 Å². The molecule has 172 valence electrons. The summed E-state index contributed by atoms with van der Waals surface area (Å²) in [5.74, 6) is -1.84. The molecule has 0 fully saturated rings. The number of aromatic nitrogens is 3. The van der Waals surface area contributed by atoms with E-state index in [0.29, 0.717) is 35.5 Å². The summed E-state index contributed by atoms with van der Waals surface area (Å²) in [6.45, 7) is 8.29. The maximum Gasteiger partial charge on any atom is 0.252 e. The first-order chi connectivity index (χ1) is 15.1. The van der Waals surface area contributed by atoms with E-state index in [4.69, 9.17) is 11.5 Å². The average molecular weight is 446 g/mol. The molecule has 0 bridgehead atoms. The number of pyridine rings is 1. The van der Waals surface area contributed by atoms with E-state index in [0.717, 1.165) is 6.07 Å². The number of hydrogen-bond donors (Lipinski definition) is 4. The first kappa shape index (κ1) is 23.4. The predicted molar refractivity (Wildman–Crippen MR) is 122 cm³/mol. The monoisotopic (exact) mass is 445 g/mol. The fraction of sp³-hybridized carbons (Fsp3) is 0.409. The lowest BCUT2D eigenvalue weighted by atomic mass is 9.99. The number of benzene rings is 1. The number of nitrogens with zero attached hydrogens (tertiary/aromatic N) is 3. The van der Waals surface area contributed by atoms with Crippen LogP contribution in [0, 0.1) is 17.7 Å². The highest BCUT2D eigenvalue weighted by atomic mass is 19.1. The summed E-state index contributed by atoms with van der Waals surface area (Å²) >= 11 is 0. The number of halogens is 2. The minimum absolute atomic E-state index is 0.0495. The highest BCUT2D eigenvalue weighted by Crippen LogP contribution is 2.28. The van der Waals surface area contributed by atoms with Crippen LogP contribution in [0.15, 0.2) is 24.3 Å². The van der Waals surface area contributed by atoms with Crippen LogP contribution in [-0.4, -0.2) is 32.8 Å². The number of rotatable bonds is 9. The van der Waals surface area contributed by atoms with Crippen LogP contribution in [0.1, 0.15) is 44.5 Å². The standard InChI is InChI=1S/C22H29F2N7O/c1-5-31-18-7-6-13(9-14(18)19(24)30-31)27-21-15(20(26)32)10-16(23)22(29-21)28-17(12(4)25)8-11(2)3/h6-7,9-12,17H,5,8,25H2,1-4H3,(H2,26,32)(H2,27,28,29)/t12-,17+/m0/s1. The first-order valence-electron chi connectivity index (χ1n) is 10.6. The Kier molecular flexibility index (Phi) is 6.93. The van der Waals surface area contributed by atoms with Crippen molar-refractivity contribution in [3.8, 4) is 0 Å². The minimum Gasteiger partial charge on any atom is -0.365 e. The Morgan fingerprint density at radius 2 is 1.91 bits per heavy atom. The highest BCUT2D eigenvalue weighted by molar-refractivity contribution is 5.99. The van der Waals surface area contributed by atoms with Gasteiger partial charge in [-0.25, -0.2) is 9.37 Å². The third kappa shape index (κ3) is 4.96. The second-order valence-electron chi connectivity index (χ2n) is 8.28. The number of carbonyl (C=O) groups excluding carboxylic acids is 1. The summed E-state index contributed by atoms with van der Waals surface area (Å²) < 4.78 is 30.5. The van der Waals surface area contributed by atoms with Crippen LogP contribution in [0.3, 0.4) is 0 Å². The highest BCUT2D eigenvalue weighted by Gasteiger charge is 2.21. The molecule has 2 aromatic heterocycles. The number of amides is 1. The lowest BCUT2D eigenvalue weighted by molar-refractivity contribution is 0.100. The van der Waals surface area contributed by atoms with Gasteiger partial charge in [-0.05, 0) is 50.5 Å². The first-order valence-corrected chi connectivity index (χ1v) is 10.6. The summed E-state index contributed by atoms with van der Waals surface area (Å²) in [6.07, 6.45) is 0.705. The van der Waals surface area contributed by atoms with Crippen molar-refractivity contribution in [1.29, 1.82) is 0 Å². The fourth-order valence-electron chi connectivity index (χ4n) is 3.56. The van der Waals surface area contributed by atoms with Gasteiger partial charge in [-0.15, -0.1) is 5.10 Å². The van der Waals surface area contributed by atoms with E-state index in [1.54, 1.807) is 22.9 Å². The summed E-state index contributed by atoms with van der Waals surface area (Å²) in [5, 5.41) is 10.2. The predicted octanol–water partition coefficient (Wildman–Crippen LogP) is 3.75. The maximum absolute atomic E-state index is 14.7. The van der Waals surface area contributed by atoms with Crippen LogP contribution in [0.2, 0.25) is 0 Å². The molecule has 10 heteroatoms. The third-order valence-electron chi connectivity index (χ3n) is 5.19. The zero-order valence-corrected chi connectivity index (χ0v) is 18.6. The van der Waals surface area contributed by atoms with E-state index in [-0.39, 0.29) is 29.3 Å². The van der Waals surface area contributed by atoms with Gasteiger partial charge < -0.3 is 22.1 Å². The van der Waals surface area contributed by atoms with Gasteiger partial charge in [-0.2, -0.15) is 4.39 Å². The van der Waals surface area contributed by atoms with Crippen LogP contribution < -0.4 is 22.1 Å². The largest absolute Gasteiger partial charge is 0.365 e. The minimum atomic E-state index is -0.845. The molecule has 2 atom stereocenters. The number of carbonyl (C=O) groups is 1. The second kappa shape index (κ2) is 9.47. The van der Waals surface area contributed by atoms with E-state index in [2.05, 4.69) is 20.7 Å². The van der Waals surface area contributed by atoms with Gasteiger partial charge in [0.15, 0.2) is 11.6 Å². The number of nitrogens with one attached hydrogen (secondary N) is 2. The Morgan fingerprint density at radius 1 is 1.19 bits per heavy atom. The van der Waals surface area contributed by atoms with Gasteiger partial charge in [0, 0.05) is 24.3 Å². The zero-order chi connectivity index (χ0) is 23.6. The molecule has 0 saturated carbocycles. The van der Waals surface area contributed by atoms with Gasteiger partial charge in [0.25, 0.3) is 5.91 Å². The van der Waals surface area contributed by atoms with Gasteiger partial charge in [0.05, 0.1) is 16.5 Å². The summed E-state index contributed by atoms with van der Waals surface area (Å²) in [5.41, 5.74) is 12.5. The van der Waals surface area contributed by atoms with Crippen molar-refractivity contribution in [3.05, 3.63) is 41.6 Å². The van der Waals surface area contributed by atoms with Crippen molar-refractivity contribution in [2.75, 3.05) is 10.6 Å². The van der Waals surface area contributed by atoms with Gasteiger partial charge >= 0.3 is 0 Å². The van der Waals surface area contributed by atoms with Crippen LogP contribution in [0.25, 0.3) is 10.9 Å². The number of primary amides is 1. The van der Waals surface area contributed by atoms with Gasteiger partial charge in [-0.3, -0.25) is 9.48 Å². The van der Waals surface area contributed by atoms with Crippen molar-refractivity contribution in [2.45, 2.75) is 52.7 Å². The van der Waals surface area contributed by atoms with Gasteiger partial charge in [-0.1, -0.05) is 13.8 Å². The summed E-state index contributed by atoms with van der Waals surface area (Å²) in [7, 11) is 0. The molecular weight excluding hydrogens is 416 g/mol. The lowest BCUT2D eigenvalue weighted by Gasteiger charge is -2.25. The van der Waals surface area contributed by atoms with Crippen molar-refractivity contribution < 1.29 is 13.6 Å². The summed E-state index contributed by atoms with van der Waals surface area (Å²) in [6, 6.07) is 5.50. The SMILES string of the molecule is CCn1nc(F)c2cc(Nc3nc(N[C@H](CC(C)C)[C@H](C)N)c(F)cc3C(N)=O)ccc21. The number of nitrogens with two attached hydrogens (primary N) is 2. The van der Waals surface area contributed by atoms with Gasteiger partial charge in [0.1, 0.15) is 5.82 Å². The average Bonchev–Trinajstić information content (AvgIpc) is 3.04. The molecule has 6 N–H and O–H groups in total. The van der Waals surface area contributed by atoms with E-state index >= 15 is 0 Å². The normalized spacial score (nSPS) is 13.4. The molecule has 0 saturated heterocycles. The van der Waals surface area contributed by atoms with E-state index in [1.807, 2.05) is 27.7 Å². The van der Waals surface area contributed by atoms with Crippen molar-refractivity contribution >= 4 is 34.1 Å². The molecular formula is C22H29F2N7O. The van der Waals surface area contributed by atoms with Crippen LogP contribution in [0.5, 0.6) is 0 Å². The molecule has 0 unspecified atom stereocenters. The fourth-order valence-corrected chi connectivity index (χ4v) is 3.56. The Hall–Kier alpha value is -3.27. The van der Waals surface area contributed by atoms with Crippen molar-refractivity contribution in [2.24, 2.45) is 17.4 Å². The number of anilines is 3. The number of hydrogen-bond acceptors (Lipinski definition) is 6. The molecule has 0 aliphatic rings. The molecule has 0 aliphatic heterocycles. The molecule has 8 nitrogen and oxygen atoms in total. The Morgan fingerprint density at radius 3 is 2.50 bits per heavy atom. The van der Waals surface area contributed by atoms with Crippen LogP contribution in [-0.2, 0) is 6.54 Å². The smallest absolute Gasteiger partial charge is 0.252 e. The lowest BCUT2D eigenvalue weighted by Crippen LogP contribution is -2.39. The summed E-state index contributed by atoms with van der Waals surface area (Å²) in [4.78, 5) is 16.2. The molecule has 3 rings (SSSR count). The van der Waals surface area contributed by atoms with Crippen LogP contribution in [0.4, 0.5) is 26.1 Å². The zero-order valence-electron chi connectivity index (χ0n) is 18.6. The third-order valence-corrected chi connectivity index (χ3v) is 5.19. The maximum atomic E-state index is 14.7. The molecule has 3 aromatic rings. The van der Waals surface area contributed by atoms with Crippen molar-refractivity contribution in [3.63, 3.8) is 0 Å². The molecule has 0 aliphatic carbocycles. The van der Waals surface area contributed by atoms with E-state index in [9.17, 15) is 13.6 Å². The van der Waals surface area contributed by atoms with E-state index in [1.165, 1.54) is 0 Å². The molecule has 1 amide bonds. The second-order valence-corrected chi connectivity index (χ2v) is 8.28. The number of fused-ring (bicyclic) bond motifs is 1. The Bertz CT molecular complexity index is 1130. The van der Waals surface area contributed by atoms with Crippen molar-refractivity contribution in [1.82, 2.24) is 14.8 Å². The Balaban J connectivity index is 1.99. The molecule has 0 spiro atoms. The molecule has 0 radical (unpaired) electrons. The molecule has 32 heavy (non-hydrogen) atoms. The van der Waals surface area contributed by atoms with Gasteiger partial charge in [0.2, 0.25) is 5.95 Å². The quantitative estimate of drug-likeness (QED) is 0.398.